The molecule has 170 valence electrons. The van der Waals surface area contributed by atoms with E-state index in [-0.39, 0.29) is 30.6 Å². The number of nitrogens with one attached hydrogen (secondary N) is 1. The van der Waals surface area contributed by atoms with Crippen LogP contribution in [0.2, 0.25) is 0 Å². The van der Waals surface area contributed by atoms with Gasteiger partial charge in [0.1, 0.15) is 6.61 Å². The zero-order valence-corrected chi connectivity index (χ0v) is 18.8. The third-order valence-corrected chi connectivity index (χ3v) is 6.11. The summed E-state index contributed by atoms with van der Waals surface area (Å²) >= 11 is 0. The summed E-state index contributed by atoms with van der Waals surface area (Å²) < 4.78 is 5.56. The summed E-state index contributed by atoms with van der Waals surface area (Å²) in [5.41, 5.74) is 4.57. The lowest BCUT2D eigenvalue weighted by molar-refractivity contribution is -0.141. The third kappa shape index (κ3) is 5.36. The van der Waals surface area contributed by atoms with Gasteiger partial charge < -0.3 is 15.2 Å². The van der Waals surface area contributed by atoms with Crippen LogP contribution in [0.3, 0.4) is 0 Å². The molecule has 0 radical (unpaired) electrons. The van der Waals surface area contributed by atoms with Gasteiger partial charge in [-0.1, -0.05) is 69.3 Å². The highest BCUT2D eigenvalue weighted by Crippen LogP contribution is 2.44. The largest absolute Gasteiger partial charge is 0.481 e. The van der Waals surface area contributed by atoms with E-state index in [2.05, 4.69) is 29.6 Å². The molecule has 2 aromatic carbocycles. The average Bonchev–Trinajstić information content (AvgIpc) is 3.09. The smallest absolute Gasteiger partial charge is 0.407 e. The van der Waals surface area contributed by atoms with Gasteiger partial charge in [0.25, 0.3) is 0 Å². The van der Waals surface area contributed by atoms with Gasteiger partial charge in [-0.3, -0.25) is 9.59 Å². The Morgan fingerprint density at radius 2 is 1.53 bits per heavy atom. The normalized spacial score (nSPS) is 14.4. The summed E-state index contributed by atoms with van der Waals surface area (Å²) in [6, 6.07) is 15.6. The molecule has 2 aromatic rings. The Morgan fingerprint density at radius 3 is 2.06 bits per heavy atom. The van der Waals surface area contributed by atoms with E-state index in [0.29, 0.717) is 12.8 Å². The highest BCUT2D eigenvalue weighted by molar-refractivity contribution is 5.87. The molecule has 6 nitrogen and oxygen atoms in total. The number of carboxylic acid groups (broad SMARTS) is 1. The summed E-state index contributed by atoms with van der Waals surface area (Å²) in [5.74, 6) is -1.60. The zero-order valence-electron chi connectivity index (χ0n) is 18.8. The molecule has 0 aliphatic heterocycles. The van der Waals surface area contributed by atoms with E-state index in [1.165, 1.54) is 0 Å². The predicted octanol–water partition coefficient (Wildman–Crippen LogP) is 5.01. The summed E-state index contributed by atoms with van der Waals surface area (Å²) in [4.78, 5) is 36.1. The first kappa shape index (κ1) is 23.5. The number of hydrogen-bond donors (Lipinski definition) is 2. The van der Waals surface area contributed by atoms with Crippen molar-refractivity contribution in [2.45, 2.75) is 52.0 Å². The predicted molar refractivity (Wildman–Crippen MR) is 122 cm³/mol. The number of rotatable bonds is 10. The molecule has 1 aliphatic rings. The molecule has 0 saturated heterocycles. The molecule has 0 saturated carbocycles. The topological polar surface area (TPSA) is 92.7 Å². The van der Waals surface area contributed by atoms with Crippen molar-refractivity contribution < 1.29 is 24.2 Å². The van der Waals surface area contributed by atoms with Gasteiger partial charge in [0.15, 0.2) is 5.78 Å². The fraction of sp³-hybridized carbons (Fsp3) is 0.423. The lowest BCUT2D eigenvalue weighted by atomic mass is 9.95. The molecule has 3 rings (SSSR count). The molecule has 0 aromatic heterocycles. The second-order valence-corrected chi connectivity index (χ2v) is 8.79. The lowest BCUT2D eigenvalue weighted by Crippen LogP contribution is -2.44. The quantitative estimate of drug-likeness (QED) is 0.545. The molecule has 6 heteroatoms. The number of Topliss-reactive ketones (excluding diaryl/α,β-unsaturated/α-hetero) is 1. The third-order valence-electron chi connectivity index (χ3n) is 6.11. The second-order valence-electron chi connectivity index (χ2n) is 8.79. The van der Waals surface area contributed by atoms with E-state index < -0.39 is 24.0 Å². The monoisotopic (exact) mass is 437 g/mol. The molecule has 0 heterocycles. The van der Waals surface area contributed by atoms with Crippen molar-refractivity contribution in [3.63, 3.8) is 0 Å². The van der Waals surface area contributed by atoms with Crippen LogP contribution in [0.4, 0.5) is 4.79 Å². The van der Waals surface area contributed by atoms with E-state index in [1.807, 2.05) is 38.1 Å². The molecule has 2 atom stereocenters. The first-order chi connectivity index (χ1) is 15.3. The van der Waals surface area contributed by atoms with Crippen LogP contribution in [-0.4, -0.2) is 35.6 Å². The van der Waals surface area contributed by atoms with Gasteiger partial charge in [-0.15, -0.1) is 0 Å². The molecule has 0 spiro atoms. The maximum Gasteiger partial charge on any atom is 0.407 e. The minimum absolute atomic E-state index is 0.0427. The van der Waals surface area contributed by atoms with Crippen LogP contribution in [-0.2, 0) is 14.3 Å². The Morgan fingerprint density at radius 1 is 0.969 bits per heavy atom. The Bertz CT molecular complexity index is 938. The number of ketones is 1. The van der Waals surface area contributed by atoms with Crippen molar-refractivity contribution in [2.24, 2.45) is 11.8 Å². The fourth-order valence-corrected chi connectivity index (χ4v) is 4.25. The molecular formula is C26H31NO5. The number of carboxylic acids is 1. The minimum atomic E-state index is -0.866. The molecule has 1 aliphatic carbocycles. The summed E-state index contributed by atoms with van der Waals surface area (Å²) in [6.07, 6.45) is 0.515. The van der Waals surface area contributed by atoms with Gasteiger partial charge in [-0.25, -0.2) is 4.79 Å². The van der Waals surface area contributed by atoms with E-state index in [4.69, 9.17) is 9.84 Å². The Kier molecular flexibility index (Phi) is 7.67. The van der Waals surface area contributed by atoms with Crippen molar-refractivity contribution >= 4 is 17.8 Å². The standard InChI is InChI=1S/C26H31NO5/c1-16(2)24(23(28)14-8-9-17(3)25(29)30)27-26(31)32-15-22-20-12-6-4-10-18(20)19-11-5-7-13-21(19)22/h4-7,10-13,16-17,22,24H,8-9,14-15H2,1-3H3,(H,27,31)(H,29,30)/t17-,24+/m1/s1. The lowest BCUT2D eigenvalue weighted by Gasteiger charge is -2.22. The van der Waals surface area contributed by atoms with E-state index in [9.17, 15) is 14.4 Å². The van der Waals surface area contributed by atoms with Crippen LogP contribution < -0.4 is 5.32 Å². The zero-order chi connectivity index (χ0) is 23.3. The van der Waals surface area contributed by atoms with Crippen LogP contribution in [0.5, 0.6) is 0 Å². The van der Waals surface area contributed by atoms with Gasteiger partial charge in [-0.05, 0) is 41.0 Å². The Balaban J connectivity index is 1.58. The Hall–Kier alpha value is -3.15. The fourth-order valence-electron chi connectivity index (χ4n) is 4.25. The van der Waals surface area contributed by atoms with Crippen molar-refractivity contribution in [1.29, 1.82) is 0 Å². The van der Waals surface area contributed by atoms with Gasteiger partial charge in [0.05, 0.1) is 12.0 Å². The minimum Gasteiger partial charge on any atom is -0.481 e. The highest BCUT2D eigenvalue weighted by atomic mass is 16.5. The second kappa shape index (κ2) is 10.4. The van der Waals surface area contributed by atoms with Crippen molar-refractivity contribution in [3.05, 3.63) is 59.7 Å². The SMILES string of the molecule is CC(C)[C@H](NC(=O)OCC1c2ccccc2-c2ccccc21)C(=O)CCC[C@@H](C)C(=O)O. The number of carbonyl (C=O) groups excluding carboxylic acids is 2. The van der Waals surface area contributed by atoms with Crippen LogP contribution in [0.1, 0.15) is 57.1 Å². The van der Waals surface area contributed by atoms with E-state index >= 15 is 0 Å². The van der Waals surface area contributed by atoms with Crippen LogP contribution in [0, 0.1) is 11.8 Å². The van der Waals surface area contributed by atoms with Gasteiger partial charge in [0, 0.05) is 12.3 Å². The highest BCUT2D eigenvalue weighted by Gasteiger charge is 2.30. The van der Waals surface area contributed by atoms with Crippen LogP contribution in [0.25, 0.3) is 11.1 Å². The number of fused-ring (bicyclic) bond motifs is 3. The van der Waals surface area contributed by atoms with Crippen molar-refractivity contribution in [1.82, 2.24) is 5.32 Å². The maximum atomic E-state index is 12.6. The average molecular weight is 438 g/mol. The van der Waals surface area contributed by atoms with Gasteiger partial charge in [-0.2, -0.15) is 0 Å². The number of aliphatic carboxylic acids is 1. The molecule has 32 heavy (non-hydrogen) atoms. The summed E-state index contributed by atoms with van der Waals surface area (Å²) in [6.45, 7) is 5.55. The number of carbonyl (C=O) groups is 3. The molecule has 2 N–H and O–H groups in total. The number of alkyl carbamates (subject to hydrolysis) is 1. The number of hydrogen-bond acceptors (Lipinski definition) is 4. The Labute approximate surface area is 189 Å². The van der Waals surface area contributed by atoms with Crippen molar-refractivity contribution in [3.8, 4) is 11.1 Å². The number of benzene rings is 2. The molecule has 0 bridgehead atoms. The molecular weight excluding hydrogens is 406 g/mol. The van der Waals surface area contributed by atoms with E-state index in [0.717, 1.165) is 22.3 Å². The summed E-state index contributed by atoms with van der Waals surface area (Å²) in [5, 5.41) is 11.7. The van der Waals surface area contributed by atoms with Crippen LogP contribution >= 0.6 is 0 Å². The van der Waals surface area contributed by atoms with Gasteiger partial charge in [0.2, 0.25) is 0 Å². The van der Waals surface area contributed by atoms with E-state index in [1.54, 1.807) is 6.92 Å². The molecule has 0 fully saturated rings. The van der Waals surface area contributed by atoms with Gasteiger partial charge >= 0.3 is 12.1 Å². The first-order valence-electron chi connectivity index (χ1n) is 11.2. The summed E-state index contributed by atoms with van der Waals surface area (Å²) in [7, 11) is 0. The van der Waals surface area contributed by atoms with Crippen molar-refractivity contribution in [2.75, 3.05) is 6.61 Å². The molecule has 1 amide bonds. The number of amides is 1. The maximum absolute atomic E-state index is 12.6. The molecule has 0 unspecified atom stereocenters. The van der Waals surface area contributed by atoms with Crippen LogP contribution in [0.15, 0.2) is 48.5 Å². The number of ether oxygens (including phenoxy) is 1. The first-order valence-corrected chi connectivity index (χ1v) is 11.2.